The third-order valence-corrected chi connectivity index (χ3v) is 19.4. The summed E-state index contributed by atoms with van der Waals surface area (Å²) in [5.74, 6) is -10.4. The molecule has 0 aliphatic carbocycles. The number of primary amides is 2. The van der Waals surface area contributed by atoms with Crippen molar-refractivity contribution in [2.45, 2.75) is 204 Å². The molecule has 0 bridgehead atoms. The monoisotopic (exact) mass is 1700 g/mol. The zero-order valence-corrected chi connectivity index (χ0v) is 69.8. The maximum atomic E-state index is 12.8. The molecule has 38 nitrogen and oxygen atoms in total. The number of carboxylic acid groups (broad SMARTS) is 2. The van der Waals surface area contributed by atoms with Crippen LogP contribution in [0.25, 0.3) is 0 Å². The predicted molar refractivity (Wildman–Crippen MR) is 423 cm³/mol. The molecular weight excluding hydrogens is 1570 g/mol. The molecule has 0 aliphatic rings. The Balaban J connectivity index is 0. The highest BCUT2D eigenvalue weighted by Gasteiger charge is 2.32. The number of ketones is 8. The first-order valence-corrected chi connectivity index (χ1v) is 41.1. The lowest BCUT2D eigenvalue weighted by molar-refractivity contribution is -0.139. The van der Waals surface area contributed by atoms with Crippen LogP contribution in [0.5, 0.6) is 0 Å². The van der Waals surface area contributed by atoms with Crippen molar-refractivity contribution in [1.29, 1.82) is 0 Å². The average molecular weight is 1700 g/mol. The van der Waals surface area contributed by atoms with E-state index in [1.165, 1.54) is 27.7 Å². The molecule has 0 rings (SSSR count). The summed E-state index contributed by atoms with van der Waals surface area (Å²) >= 11 is 1.67. The highest BCUT2D eigenvalue weighted by atomic mass is 32.2. The van der Waals surface area contributed by atoms with Crippen molar-refractivity contribution in [1.82, 2.24) is 31.9 Å². The van der Waals surface area contributed by atoms with Crippen molar-refractivity contribution >= 4 is 129 Å². The number of amides is 8. The van der Waals surface area contributed by atoms with Crippen molar-refractivity contribution in [2.24, 2.45) is 23.3 Å². The highest BCUT2D eigenvalue weighted by Crippen LogP contribution is 2.23. The van der Waals surface area contributed by atoms with E-state index in [1.54, 1.807) is 13.8 Å². The van der Waals surface area contributed by atoms with Crippen LogP contribution in [0.3, 0.4) is 0 Å². The number of nitrogens with one attached hydrogen (secondary N) is 6. The van der Waals surface area contributed by atoms with Crippen LogP contribution in [-0.4, -0.2) is 304 Å². The number of carbonyl (C=O) groups excluding carboxylic acids is 16. The Labute approximate surface area is 686 Å². The molecule has 0 saturated carbocycles. The molecule has 4 atom stereocenters. The number of hydrogen-bond donors (Lipinski definition) is 12. The van der Waals surface area contributed by atoms with Gasteiger partial charge in [-0.1, -0.05) is 13.8 Å². The number of carbonyl (C=O) groups is 18. The third kappa shape index (κ3) is 63.5. The number of ether oxygens (including phenoxy) is 8. The quantitative estimate of drug-likeness (QED) is 0.0359. The summed E-state index contributed by atoms with van der Waals surface area (Å²) in [4.78, 5) is 216. The Morgan fingerprint density at radius 1 is 0.336 bits per heavy atom. The summed E-state index contributed by atoms with van der Waals surface area (Å²) in [5, 5.41) is 49.8. The summed E-state index contributed by atoms with van der Waals surface area (Å²) in [6, 6.07) is 0. The fourth-order valence-corrected chi connectivity index (χ4v) is 12.0. The minimum absolute atomic E-state index is 0.00441. The van der Waals surface area contributed by atoms with E-state index < -0.39 is 93.6 Å². The fourth-order valence-electron chi connectivity index (χ4n) is 9.60. The molecule has 116 heavy (non-hydrogen) atoms. The van der Waals surface area contributed by atoms with Gasteiger partial charge < -0.3 is 102 Å². The van der Waals surface area contributed by atoms with Crippen LogP contribution < -0.4 is 43.4 Å². The Morgan fingerprint density at radius 2 is 0.655 bits per heavy atom. The van der Waals surface area contributed by atoms with E-state index in [-0.39, 0.29) is 264 Å². The first-order valence-electron chi connectivity index (χ1n) is 39.0. The number of nitrogens with two attached hydrogens (primary N) is 2. The van der Waals surface area contributed by atoms with Crippen LogP contribution >= 0.6 is 23.5 Å². The van der Waals surface area contributed by atoms with E-state index in [0.717, 1.165) is 23.5 Å². The lowest BCUT2D eigenvalue weighted by atomic mass is 9.95. The molecule has 40 heteroatoms. The summed E-state index contributed by atoms with van der Waals surface area (Å²) in [5.41, 5.74) is 8.61. The number of thioether (sulfide) groups is 2. The lowest BCUT2D eigenvalue weighted by Crippen LogP contribution is -2.50. The highest BCUT2D eigenvalue weighted by molar-refractivity contribution is 8.00. The molecule has 4 unspecified atom stereocenters. The van der Waals surface area contributed by atoms with Gasteiger partial charge in [-0.25, -0.2) is 0 Å². The van der Waals surface area contributed by atoms with E-state index in [9.17, 15) is 96.5 Å². The molecule has 0 aromatic heterocycles. The first-order chi connectivity index (χ1) is 55.0. The smallest absolute Gasteiger partial charge is 0.317 e. The van der Waals surface area contributed by atoms with Crippen molar-refractivity contribution in [3.8, 4) is 0 Å². The molecular formula is C76H128N8O30S2. The Bertz CT molecular complexity index is 3020. The van der Waals surface area contributed by atoms with Crippen LogP contribution in [0, 0.1) is 11.8 Å². The van der Waals surface area contributed by atoms with Crippen molar-refractivity contribution in [2.75, 3.05) is 157 Å². The van der Waals surface area contributed by atoms with Gasteiger partial charge >= 0.3 is 11.9 Å². The number of Topliss-reactive ketones (excluding diaryl/α,β-unsaturated/α-hetero) is 8. The molecule has 664 valence electrons. The van der Waals surface area contributed by atoms with Gasteiger partial charge in [-0.15, -0.1) is 23.5 Å². The van der Waals surface area contributed by atoms with Gasteiger partial charge in [-0.05, 0) is 40.5 Å². The number of carboxylic acids is 2. The van der Waals surface area contributed by atoms with E-state index >= 15 is 0 Å². The summed E-state index contributed by atoms with van der Waals surface area (Å²) in [6.07, 6.45) is 0.780. The zero-order chi connectivity index (χ0) is 87.5. The Hall–Kier alpha value is -7.64. The van der Waals surface area contributed by atoms with Gasteiger partial charge in [0.1, 0.15) is 39.9 Å². The van der Waals surface area contributed by atoms with Gasteiger partial charge in [-0.3, -0.25) is 86.3 Å². The minimum atomic E-state index is -1.30. The Morgan fingerprint density at radius 3 is 0.991 bits per heavy atom. The predicted octanol–water partition coefficient (Wildman–Crippen LogP) is 0.0952. The van der Waals surface area contributed by atoms with Gasteiger partial charge in [0.05, 0.1) is 140 Å². The maximum Gasteiger partial charge on any atom is 0.317 e. The van der Waals surface area contributed by atoms with E-state index in [1.807, 2.05) is 0 Å². The fraction of sp³-hybridized carbons (Fsp3) is 0.763. The number of aliphatic carboxylic acids is 2. The second kappa shape index (κ2) is 69.3. The van der Waals surface area contributed by atoms with Crippen molar-refractivity contribution in [3.63, 3.8) is 0 Å². The van der Waals surface area contributed by atoms with Crippen LogP contribution in [0.4, 0.5) is 0 Å². The number of aliphatic hydroxyl groups excluding tert-OH is 2. The van der Waals surface area contributed by atoms with E-state index in [2.05, 4.69) is 31.9 Å². The summed E-state index contributed by atoms with van der Waals surface area (Å²) < 4.78 is 43.2. The molecule has 0 aromatic carbocycles. The molecule has 0 saturated heterocycles. The molecule has 8 amide bonds. The number of aliphatic hydroxyl groups is 2. The largest absolute Gasteiger partial charge is 0.481 e. The van der Waals surface area contributed by atoms with Gasteiger partial charge in [0.2, 0.25) is 47.3 Å². The molecule has 0 spiro atoms. The van der Waals surface area contributed by atoms with Crippen LogP contribution in [-0.2, 0) is 124 Å². The van der Waals surface area contributed by atoms with E-state index in [4.69, 9.17) is 59.6 Å². The molecule has 0 fully saturated rings. The van der Waals surface area contributed by atoms with Crippen LogP contribution in [0.1, 0.15) is 183 Å². The van der Waals surface area contributed by atoms with Crippen LogP contribution in [0.15, 0.2) is 0 Å². The first kappa shape index (κ1) is 110. The number of hydrogen-bond acceptors (Lipinski definition) is 30. The molecule has 0 heterocycles. The second-order valence-electron chi connectivity index (χ2n) is 27.4. The molecule has 14 N–H and O–H groups in total. The topological polar surface area (TPSA) is 586 Å². The zero-order valence-electron chi connectivity index (χ0n) is 68.2. The van der Waals surface area contributed by atoms with Crippen molar-refractivity contribution < 1.29 is 145 Å². The number of rotatable bonds is 78. The van der Waals surface area contributed by atoms with Crippen molar-refractivity contribution in [3.05, 3.63) is 0 Å². The average Bonchev–Trinajstić information content (AvgIpc) is 0.883. The Kier molecular flexibility index (Phi) is 66.0. The SMILES string of the molecule is CCC(=O)CCC(=O)CCC(=O)NCCOCCOCCOCCOCCC(=O)CC(CSC(CC(=O)NCCC(=O)NC(C)(C)C(=O)CCCO)C(=O)O)C(N)=O.CCC(=O)CCC(=O)CCC(=O)NCCOCCOCCOCCOCCC(=O)CC(CSC(CC(=O)O)C(=O)NCCC(=O)NC(C)(C)C(=O)CCCO)C(N)=O. The summed E-state index contributed by atoms with van der Waals surface area (Å²) in [6.45, 7) is 13.7. The van der Waals surface area contributed by atoms with Gasteiger partial charge in [0, 0.05) is 173 Å². The second-order valence-corrected chi connectivity index (χ2v) is 29.9. The van der Waals surface area contributed by atoms with Crippen LogP contribution in [0.2, 0.25) is 0 Å². The normalized spacial score (nSPS) is 12.3. The lowest BCUT2D eigenvalue weighted by Gasteiger charge is -2.25. The van der Waals surface area contributed by atoms with Gasteiger partial charge in [-0.2, -0.15) is 0 Å². The third-order valence-electron chi connectivity index (χ3n) is 16.6. The van der Waals surface area contributed by atoms with E-state index in [0.29, 0.717) is 78.8 Å². The van der Waals surface area contributed by atoms with Gasteiger partial charge in [0.25, 0.3) is 0 Å². The summed E-state index contributed by atoms with van der Waals surface area (Å²) in [7, 11) is 0. The molecule has 0 aromatic rings. The molecule has 0 aliphatic heterocycles. The standard InChI is InChI=1S/2C38H64N4O15S/c1-4-28(44)7-8-29(45)9-10-33(48)40-14-17-55-19-21-57-23-22-56-20-18-54-16-12-30(46)24-27(36(39)52)26-58-31(25-35(50)51)37(53)41-13-11-34(49)42-38(2,3)32(47)6-5-15-43;1-4-28(44)7-8-29(45)9-10-33(48)41-14-17-55-19-21-57-23-22-56-20-18-54-16-12-30(46)24-27(36(39)51)26-58-31(37(52)53)25-35(50)40-13-11-34(49)42-38(2,3)32(47)6-5-15-43/h27,31,43H,4-26H2,1-3H3,(H2,39,52)(H,40,48)(H,41,53)(H,42,49)(H,50,51);27,31,43H,4-26H2,1-3H3,(H2,39,51)(H,40,50)(H,41,48)(H,42,49)(H,52,53). The minimum Gasteiger partial charge on any atom is -0.481 e. The maximum absolute atomic E-state index is 12.8. The molecule has 0 radical (unpaired) electrons. The van der Waals surface area contributed by atoms with Gasteiger partial charge in [0.15, 0.2) is 11.6 Å².